The number of nitrogens with two attached hydrogens (primary N) is 1. The Bertz CT molecular complexity index is 300. The van der Waals surface area contributed by atoms with Crippen LogP contribution in [-0.4, -0.2) is 12.1 Å². The molecule has 0 atom stereocenters. The van der Waals surface area contributed by atoms with Crippen molar-refractivity contribution in [1.29, 1.82) is 0 Å². The highest BCUT2D eigenvalue weighted by Crippen LogP contribution is 2.26. The molecule has 0 spiro atoms. The number of rotatable bonds is 4. The zero-order valence-electron chi connectivity index (χ0n) is 10.6. The highest BCUT2D eigenvalue weighted by Gasteiger charge is 2.27. The fourth-order valence-electron chi connectivity index (χ4n) is 2.72. The van der Waals surface area contributed by atoms with Gasteiger partial charge in [0.15, 0.2) is 0 Å². The molecular formula is C14H24N2S. The van der Waals surface area contributed by atoms with Gasteiger partial charge in [0.25, 0.3) is 0 Å². The van der Waals surface area contributed by atoms with Crippen molar-refractivity contribution in [2.24, 2.45) is 5.73 Å². The third-order valence-electron chi connectivity index (χ3n) is 3.92. The summed E-state index contributed by atoms with van der Waals surface area (Å²) < 4.78 is 0. The molecule has 1 aromatic rings. The van der Waals surface area contributed by atoms with E-state index in [1.807, 2.05) is 11.3 Å². The van der Waals surface area contributed by atoms with Gasteiger partial charge in [-0.2, -0.15) is 0 Å². The molecule has 3 heteroatoms. The molecule has 0 amide bonds. The molecule has 1 fully saturated rings. The predicted molar refractivity (Wildman–Crippen MR) is 75.3 cm³/mol. The van der Waals surface area contributed by atoms with Gasteiger partial charge in [0.05, 0.1) is 0 Å². The van der Waals surface area contributed by atoms with Gasteiger partial charge in [-0.25, -0.2) is 0 Å². The summed E-state index contributed by atoms with van der Waals surface area (Å²) in [5, 5.41) is 5.88. The lowest BCUT2D eigenvalue weighted by Gasteiger charge is -2.35. The third kappa shape index (κ3) is 3.80. The summed E-state index contributed by atoms with van der Waals surface area (Å²) in [6.07, 6.45) is 9.31. The smallest absolute Gasteiger partial charge is 0.0307 e. The van der Waals surface area contributed by atoms with Crippen LogP contribution in [0, 0.1) is 0 Å². The molecule has 1 saturated carbocycles. The van der Waals surface area contributed by atoms with E-state index in [1.54, 1.807) is 0 Å². The second-order valence-corrected chi connectivity index (χ2v) is 6.22. The molecule has 3 N–H and O–H groups in total. The highest BCUT2D eigenvalue weighted by molar-refractivity contribution is 7.09. The maximum absolute atomic E-state index is 6.04. The van der Waals surface area contributed by atoms with Crippen LogP contribution in [0.15, 0.2) is 17.5 Å². The fourth-order valence-corrected chi connectivity index (χ4v) is 3.37. The Morgan fingerprint density at radius 3 is 2.47 bits per heavy atom. The molecule has 0 bridgehead atoms. The zero-order chi connectivity index (χ0) is 12.0. The number of nitrogens with one attached hydrogen (secondary N) is 1. The molecule has 1 heterocycles. The molecular weight excluding hydrogens is 228 g/mol. The van der Waals surface area contributed by atoms with Gasteiger partial charge in [0, 0.05) is 23.5 Å². The Labute approximate surface area is 109 Å². The van der Waals surface area contributed by atoms with E-state index >= 15 is 0 Å². The summed E-state index contributed by atoms with van der Waals surface area (Å²) in [6, 6.07) is 4.32. The van der Waals surface area contributed by atoms with Gasteiger partial charge >= 0.3 is 0 Å². The quantitative estimate of drug-likeness (QED) is 0.863. The molecule has 2 nitrogen and oxygen atoms in total. The van der Waals surface area contributed by atoms with Crippen LogP contribution in [0.25, 0.3) is 0 Å². The van der Waals surface area contributed by atoms with E-state index in [4.69, 9.17) is 5.73 Å². The van der Waals surface area contributed by atoms with Gasteiger partial charge in [0.1, 0.15) is 0 Å². The Morgan fingerprint density at radius 1 is 1.18 bits per heavy atom. The molecule has 96 valence electrons. The summed E-state index contributed by atoms with van der Waals surface area (Å²) >= 11 is 1.83. The Kier molecular flexibility index (Phi) is 5.01. The lowest BCUT2D eigenvalue weighted by molar-refractivity contribution is 0.255. The van der Waals surface area contributed by atoms with E-state index in [0.717, 1.165) is 13.1 Å². The fraction of sp³-hybridized carbons (Fsp3) is 0.714. The SMILES string of the molecule is NCC1(NCc2cccs2)CCCCCCC1. The summed E-state index contributed by atoms with van der Waals surface area (Å²) in [4.78, 5) is 1.42. The summed E-state index contributed by atoms with van der Waals surface area (Å²) in [7, 11) is 0. The van der Waals surface area contributed by atoms with Gasteiger partial charge in [-0.3, -0.25) is 0 Å². The van der Waals surface area contributed by atoms with E-state index in [9.17, 15) is 0 Å². The minimum absolute atomic E-state index is 0.199. The molecule has 0 radical (unpaired) electrons. The van der Waals surface area contributed by atoms with E-state index < -0.39 is 0 Å². The van der Waals surface area contributed by atoms with Crippen molar-refractivity contribution in [3.63, 3.8) is 0 Å². The third-order valence-corrected chi connectivity index (χ3v) is 4.80. The van der Waals surface area contributed by atoms with Crippen LogP contribution in [0.3, 0.4) is 0 Å². The van der Waals surface area contributed by atoms with Crippen molar-refractivity contribution in [3.05, 3.63) is 22.4 Å². The summed E-state index contributed by atoms with van der Waals surface area (Å²) in [5.74, 6) is 0. The van der Waals surface area contributed by atoms with Gasteiger partial charge in [-0.05, 0) is 24.3 Å². The Balaban J connectivity index is 1.91. The van der Waals surface area contributed by atoms with Gasteiger partial charge in [-0.1, -0.05) is 38.2 Å². The first kappa shape index (κ1) is 13.1. The van der Waals surface area contributed by atoms with Crippen LogP contribution in [0.5, 0.6) is 0 Å². The number of thiophene rings is 1. The highest BCUT2D eigenvalue weighted by atomic mass is 32.1. The standard InChI is InChI=1S/C14H24N2S/c15-12-14(8-4-2-1-3-5-9-14)16-11-13-7-6-10-17-13/h6-7,10,16H,1-5,8-9,11-12,15H2. The molecule has 17 heavy (non-hydrogen) atoms. The molecule has 0 saturated heterocycles. The average Bonchev–Trinajstić information content (AvgIpc) is 2.82. The number of hydrogen-bond acceptors (Lipinski definition) is 3. The van der Waals surface area contributed by atoms with Crippen LogP contribution in [-0.2, 0) is 6.54 Å². The van der Waals surface area contributed by atoms with Crippen LogP contribution < -0.4 is 11.1 Å². The summed E-state index contributed by atoms with van der Waals surface area (Å²) in [6.45, 7) is 1.76. The molecule has 0 unspecified atom stereocenters. The first-order valence-corrected chi connectivity index (χ1v) is 7.70. The maximum Gasteiger partial charge on any atom is 0.0307 e. The van der Waals surface area contributed by atoms with E-state index in [1.165, 1.54) is 49.8 Å². The van der Waals surface area contributed by atoms with Crippen molar-refractivity contribution in [1.82, 2.24) is 5.32 Å². The first-order valence-electron chi connectivity index (χ1n) is 6.82. The van der Waals surface area contributed by atoms with Crippen molar-refractivity contribution in [3.8, 4) is 0 Å². The van der Waals surface area contributed by atoms with Gasteiger partial charge < -0.3 is 11.1 Å². The molecule has 1 aromatic heterocycles. The maximum atomic E-state index is 6.04. The van der Waals surface area contributed by atoms with Crippen molar-refractivity contribution in [2.45, 2.75) is 57.0 Å². The number of hydrogen-bond donors (Lipinski definition) is 2. The van der Waals surface area contributed by atoms with Crippen LogP contribution in [0.4, 0.5) is 0 Å². The van der Waals surface area contributed by atoms with E-state index in [0.29, 0.717) is 0 Å². The second-order valence-electron chi connectivity index (χ2n) is 5.19. The topological polar surface area (TPSA) is 38.0 Å². The minimum Gasteiger partial charge on any atom is -0.329 e. The second kappa shape index (κ2) is 6.53. The van der Waals surface area contributed by atoms with Crippen molar-refractivity contribution in [2.75, 3.05) is 6.54 Å². The van der Waals surface area contributed by atoms with Crippen LogP contribution >= 0.6 is 11.3 Å². The first-order chi connectivity index (χ1) is 8.35. The molecule has 1 aliphatic carbocycles. The summed E-state index contributed by atoms with van der Waals surface area (Å²) in [5.41, 5.74) is 6.24. The molecule has 0 aromatic carbocycles. The molecule has 2 rings (SSSR count). The average molecular weight is 252 g/mol. The Morgan fingerprint density at radius 2 is 1.88 bits per heavy atom. The van der Waals surface area contributed by atoms with Gasteiger partial charge in [0.2, 0.25) is 0 Å². The Hall–Kier alpha value is -0.380. The predicted octanol–water partition coefficient (Wildman–Crippen LogP) is 3.28. The van der Waals surface area contributed by atoms with Crippen LogP contribution in [0.2, 0.25) is 0 Å². The monoisotopic (exact) mass is 252 g/mol. The van der Waals surface area contributed by atoms with Crippen molar-refractivity contribution < 1.29 is 0 Å². The molecule has 1 aliphatic rings. The van der Waals surface area contributed by atoms with E-state index in [-0.39, 0.29) is 5.54 Å². The lowest BCUT2D eigenvalue weighted by atomic mass is 9.84. The van der Waals surface area contributed by atoms with E-state index in [2.05, 4.69) is 22.8 Å². The lowest BCUT2D eigenvalue weighted by Crippen LogP contribution is -2.51. The molecule has 0 aliphatic heterocycles. The normalized spacial score (nSPS) is 20.8. The largest absolute Gasteiger partial charge is 0.329 e. The van der Waals surface area contributed by atoms with Crippen LogP contribution in [0.1, 0.15) is 49.8 Å². The van der Waals surface area contributed by atoms with Crippen molar-refractivity contribution >= 4 is 11.3 Å². The minimum atomic E-state index is 0.199. The van der Waals surface area contributed by atoms with Gasteiger partial charge in [-0.15, -0.1) is 11.3 Å². The zero-order valence-corrected chi connectivity index (χ0v) is 11.4.